The summed E-state index contributed by atoms with van der Waals surface area (Å²) in [7, 11) is 0. The van der Waals surface area contributed by atoms with Crippen LogP contribution >= 0.6 is 0 Å². The largest absolute Gasteiger partial charge is 0.482 e. The number of fused-ring (bicyclic) bond motifs is 1. The number of hydrogen-bond acceptors (Lipinski definition) is 5. The van der Waals surface area contributed by atoms with E-state index in [1.54, 1.807) is 24.3 Å². The fourth-order valence-corrected chi connectivity index (χ4v) is 2.57. The molecular weight excluding hydrogens is 360 g/mol. The number of hydrogen-bond donors (Lipinski definition) is 0. The minimum Gasteiger partial charge on any atom is -0.482 e. The third-order valence-electron chi connectivity index (χ3n) is 3.95. The van der Waals surface area contributed by atoms with E-state index in [0.29, 0.717) is 11.4 Å². The van der Waals surface area contributed by atoms with Crippen LogP contribution in [0.2, 0.25) is 0 Å². The Balaban J connectivity index is 1.53. The molecule has 2 aromatic carbocycles. The lowest BCUT2D eigenvalue weighted by molar-refractivity contribution is -0.142. The van der Waals surface area contributed by atoms with E-state index in [-0.39, 0.29) is 31.0 Å². The number of rotatable bonds is 6. The number of esters is 1. The zero-order valence-electron chi connectivity index (χ0n) is 14.1. The van der Waals surface area contributed by atoms with Crippen molar-refractivity contribution < 1.29 is 32.6 Å². The zero-order chi connectivity index (χ0) is 19.4. The molecular formula is C19H15F2NO5. The maximum Gasteiger partial charge on any atom is 0.308 e. The second-order valence-electron chi connectivity index (χ2n) is 5.76. The molecule has 1 amide bonds. The summed E-state index contributed by atoms with van der Waals surface area (Å²) < 4.78 is 36.2. The predicted molar refractivity (Wildman–Crippen MR) is 90.6 cm³/mol. The van der Waals surface area contributed by atoms with Gasteiger partial charge >= 0.3 is 5.97 Å². The van der Waals surface area contributed by atoms with Crippen molar-refractivity contribution in [2.75, 3.05) is 24.7 Å². The van der Waals surface area contributed by atoms with Crippen molar-refractivity contribution in [2.45, 2.75) is 6.42 Å². The van der Waals surface area contributed by atoms with Gasteiger partial charge in [-0.3, -0.25) is 14.4 Å². The molecule has 6 nitrogen and oxygen atoms in total. The molecule has 0 saturated carbocycles. The monoisotopic (exact) mass is 375 g/mol. The highest BCUT2D eigenvalue weighted by Crippen LogP contribution is 2.31. The van der Waals surface area contributed by atoms with Crippen molar-refractivity contribution in [3.63, 3.8) is 0 Å². The van der Waals surface area contributed by atoms with Crippen molar-refractivity contribution in [3.8, 4) is 5.75 Å². The van der Waals surface area contributed by atoms with Crippen LogP contribution in [0.25, 0.3) is 0 Å². The fourth-order valence-electron chi connectivity index (χ4n) is 2.57. The molecule has 0 fully saturated rings. The summed E-state index contributed by atoms with van der Waals surface area (Å²) in [6.45, 7) is -0.657. The Labute approximate surface area is 153 Å². The molecule has 1 heterocycles. The van der Waals surface area contributed by atoms with Crippen LogP contribution in [0.1, 0.15) is 16.8 Å². The van der Waals surface area contributed by atoms with Crippen LogP contribution in [0.4, 0.5) is 14.5 Å². The SMILES string of the molecule is O=C(CCN1C(=O)COc2ccccc21)OCC(=O)c1ccc(F)c(F)c1. The molecule has 0 radical (unpaired) electrons. The molecule has 0 saturated heterocycles. The van der Waals surface area contributed by atoms with E-state index in [9.17, 15) is 23.2 Å². The summed E-state index contributed by atoms with van der Waals surface area (Å²) in [6, 6.07) is 9.61. The molecule has 0 spiro atoms. The Bertz CT molecular complexity index is 899. The average Bonchev–Trinajstić information content (AvgIpc) is 2.67. The van der Waals surface area contributed by atoms with E-state index in [0.717, 1.165) is 18.2 Å². The normalized spacial score (nSPS) is 13.0. The summed E-state index contributed by atoms with van der Waals surface area (Å²) in [5.41, 5.74) is 0.457. The fraction of sp³-hybridized carbons (Fsp3) is 0.211. The number of halogens is 2. The number of ether oxygens (including phenoxy) is 2. The standard InChI is InChI=1S/C19H15F2NO5/c20-13-6-5-12(9-14(13)21)16(23)10-27-19(25)7-8-22-15-3-1-2-4-17(15)26-11-18(22)24/h1-6,9H,7-8,10-11H2. The van der Waals surface area contributed by atoms with E-state index < -0.39 is 30.0 Å². The quantitative estimate of drug-likeness (QED) is 0.573. The van der Waals surface area contributed by atoms with E-state index in [1.807, 2.05) is 0 Å². The van der Waals surface area contributed by atoms with E-state index >= 15 is 0 Å². The molecule has 0 N–H and O–H groups in total. The van der Waals surface area contributed by atoms with E-state index in [4.69, 9.17) is 9.47 Å². The third-order valence-corrected chi connectivity index (χ3v) is 3.95. The second kappa shape index (κ2) is 7.94. The van der Waals surface area contributed by atoms with Crippen molar-refractivity contribution in [3.05, 3.63) is 59.7 Å². The van der Waals surface area contributed by atoms with Crippen LogP contribution in [-0.2, 0) is 14.3 Å². The smallest absolute Gasteiger partial charge is 0.308 e. The van der Waals surface area contributed by atoms with Gasteiger partial charge in [0.15, 0.2) is 30.6 Å². The van der Waals surface area contributed by atoms with Gasteiger partial charge in [-0.05, 0) is 30.3 Å². The summed E-state index contributed by atoms with van der Waals surface area (Å²) in [5.74, 6) is -3.33. The summed E-state index contributed by atoms with van der Waals surface area (Å²) in [6.07, 6.45) is -0.134. The molecule has 0 atom stereocenters. The van der Waals surface area contributed by atoms with E-state index in [1.165, 1.54) is 4.90 Å². The van der Waals surface area contributed by atoms with Gasteiger partial charge < -0.3 is 14.4 Å². The number of para-hydroxylation sites is 2. The third kappa shape index (κ3) is 4.28. The molecule has 140 valence electrons. The highest BCUT2D eigenvalue weighted by molar-refractivity contribution is 5.99. The summed E-state index contributed by atoms with van der Waals surface area (Å²) in [4.78, 5) is 37.2. The average molecular weight is 375 g/mol. The van der Waals surface area contributed by atoms with E-state index in [2.05, 4.69) is 0 Å². The van der Waals surface area contributed by atoms with Gasteiger partial charge in [0.1, 0.15) is 5.75 Å². The molecule has 1 aliphatic rings. The number of carbonyl (C=O) groups is 3. The number of Topliss-reactive ketones (excluding diaryl/α,β-unsaturated/α-hetero) is 1. The van der Waals surface area contributed by atoms with Crippen LogP contribution in [0.3, 0.4) is 0 Å². The Morgan fingerprint density at radius 2 is 1.89 bits per heavy atom. The number of amides is 1. The molecule has 0 bridgehead atoms. The molecule has 8 heteroatoms. The minimum absolute atomic E-state index is 0.0669. The first kappa shape index (κ1) is 18.5. The predicted octanol–water partition coefficient (Wildman–Crippen LogP) is 2.51. The molecule has 1 aliphatic heterocycles. The number of ketones is 1. The summed E-state index contributed by atoms with van der Waals surface area (Å²) in [5, 5.41) is 0. The molecule has 3 rings (SSSR count). The topological polar surface area (TPSA) is 72.9 Å². The molecule has 0 aliphatic carbocycles. The van der Waals surface area contributed by atoms with Gasteiger partial charge in [-0.25, -0.2) is 8.78 Å². The van der Waals surface area contributed by atoms with Gasteiger partial charge in [0.25, 0.3) is 5.91 Å². The Hall–Kier alpha value is -3.29. The Morgan fingerprint density at radius 3 is 2.67 bits per heavy atom. The zero-order valence-corrected chi connectivity index (χ0v) is 14.1. The molecule has 27 heavy (non-hydrogen) atoms. The highest BCUT2D eigenvalue weighted by Gasteiger charge is 2.25. The minimum atomic E-state index is -1.16. The van der Waals surface area contributed by atoms with Crippen molar-refractivity contribution in [2.24, 2.45) is 0 Å². The first-order valence-electron chi connectivity index (χ1n) is 8.12. The highest BCUT2D eigenvalue weighted by atomic mass is 19.2. The number of nitrogens with zero attached hydrogens (tertiary/aromatic N) is 1. The van der Waals surface area contributed by atoms with Gasteiger partial charge in [0.2, 0.25) is 0 Å². The molecule has 0 unspecified atom stereocenters. The van der Waals surface area contributed by atoms with Crippen LogP contribution in [-0.4, -0.2) is 37.4 Å². The van der Waals surface area contributed by atoms with Crippen LogP contribution < -0.4 is 9.64 Å². The first-order valence-corrected chi connectivity index (χ1v) is 8.12. The molecule has 2 aromatic rings. The second-order valence-corrected chi connectivity index (χ2v) is 5.76. The lowest BCUT2D eigenvalue weighted by Gasteiger charge is -2.28. The maximum atomic E-state index is 13.1. The number of anilines is 1. The van der Waals surface area contributed by atoms with Crippen LogP contribution in [0.5, 0.6) is 5.75 Å². The van der Waals surface area contributed by atoms with Crippen LogP contribution in [0, 0.1) is 11.6 Å². The number of carbonyl (C=O) groups excluding carboxylic acids is 3. The molecule has 0 aromatic heterocycles. The van der Waals surface area contributed by atoms with Crippen molar-refractivity contribution >= 4 is 23.3 Å². The first-order chi connectivity index (χ1) is 13.0. The van der Waals surface area contributed by atoms with Crippen LogP contribution in [0.15, 0.2) is 42.5 Å². The van der Waals surface area contributed by atoms with Gasteiger partial charge in [0, 0.05) is 12.1 Å². The number of benzene rings is 2. The Morgan fingerprint density at radius 1 is 1.11 bits per heavy atom. The van der Waals surface area contributed by atoms with Crippen molar-refractivity contribution in [1.82, 2.24) is 0 Å². The van der Waals surface area contributed by atoms with Crippen molar-refractivity contribution in [1.29, 1.82) is 0 Å². The summed E-state index contributed by atoms with van der Waals surface area (Å²) >= 11 is 0. The lowest BCUT2D eigenvalue weighted by atomic mass is 10.1. The Kier molecular flexibility index (Phi) is 5.44. The van der Waals surface area contributed by atoms with Gasteiger partial charge in [-0.2, -0.15) is 0 Å². The lowest BCUT2D eigenvalue weighted by Crippen LogP contribution is -2.40. The van der Waals surface area contributed by atoms with Gasteiger partial charge in [-0.1, -0.05) is 12.1 Å². The van der Waals surface area contributed by atoms with Gasteiger partial charge in [0.05, 0.1) is 12.1 Å². The van der Waals surface area contributed by atoms with Gasteiger partial charge in [-0.15, -0.1) is 0 Å². The maximum absolute atomic E-state index is 13.1.